The molecule has 0 aromatic carbocycles. The number of H-pyrrole nitrogens is 1. The summed E-state index contributed by atoms with van der Waals surface area (Å²) < 4.78 is 0.0359. The van der Waals surface area contributed by atoms with Crippen molar-refractivity contribution in [2.75, 3.05) is 11.5 Å². The molecule has 0 spiro atoms. The monoisotopic (exact) mass is 186 g/mol. The first-order valence-electron chi connectivity index (χ1n) is 2.95. The molecule has 0 amide bonds. The summed E-state index contributed by atoms with van der Waals surface area (Å²) in [5.41, 5.74) is 10.3. The summed E-state index contributed by atoms with van der Waals surface area (Å²) in [7, 11) is 0. The fourth-order valence-corrected chi connectivity index (χ4v) is 1.09. The SMILES string of the molecule is Nc1cc(=S)c([N+](=O)[O-])c(N)[nH]1. The van der Waals surface area contributed by atoms with Crippen molar-refractivity contribution >= 4 is 29.5 Å². The number of nitrogens with two attached hydrogens (primary N) is 2. The summed E-state index contributed by atoms with van der Waals surface area (Å²) in [6.07, 6.45) is 0. The van der Waals surface area contributed by atoms with Crippen molar-refractivity contribution in [3.8, 4) is 0 Å². The van der Waals surface area contributed by atoms with Gasteiger partial charge in [0.2, 0.25) is 0 Å². The lowest BCUT2D eigenvalue weighted by Gasteiger charge is -1.98. The Morgan fingerprint density at radius 1 is 1.58 bits per heavy atom. The summed E-state index contributed by atoms with van der Waals surface area (Å²) in [5, 5.41) is 10.4. The molecule has 1 aromatic heterocycles. The molecule has 0 aliphatic rings. The average Bonchev–Trinajstić information content (AvgIpc) is 1.82. The Morgan fingerprint density at radius 3 is 2.58 bits per heavy atom. The van der Waals surface area contributed by atoms with Crippen LogP contribution in [0.15, 0.2) is 6.07 Å². The van der Waals surface area contributed by atoms with Gasteiger partial charge in [0.05, 0.1) is 4.92 Å². The van der Waals surface area contributed by atoms with E-state index in [1.807, 2.05) is 0 Å². The van der Waals surface area contributed by atoms with Crippen LogP contribution in [0.1, 0.15) is 0 Å². The Kier molecular flexibility index (Phi) is 1.96. The zero-order valence-electron chi connectivity index (χ0n) is 5.90. The molecule has 0 radical (unpaired) electrons. The van der Waals surface area contributed by atoms with E-state index < -0.39 is 4.92 Å². The van der Waals surface area contributed by atoms with Crippen LogP contribution in [0.4, 0.5) is 17.3 Å². The van der Waals surface area contributed by atoms with E-state index in [4.69, 9.17) is 11.5 Å². The third-order valence-corrected chi connectivity index (χ3v) is 1.55. The molecule has 5 N–H and O–H groups in total. The molecule has 6 nitrogen and oxygen atoms in total. The minimum atomic E-state index is -0.645. The van der Waals surface area contributed by atoms with Crippen LogP contribution in [-0.2, 0) is 0 Å². The molecule has 1 heterocycles. The number of nitrogens with zero attached hydrogens (tertiary/aromatic N) is 1. The van der Waals surface area contributed by atoms with E-state index in [1.54, 1.807) is 0 Å². The molecular weight excluding hydrogens is 180 g/mol. The number of nitro groups is 1. The molecule has 0 saturated heterocycles. The highest BCUT2D eigenvalue weighted by Crippen LogP contribution is 2.21. The number of nitrogen functional groups attached to an aromatic ring is 2. The predicted molar refractivity (Wildman–Crippen MR) is 47.1 cm³/mol. The van der Waals surface area contributed by atoms with E-state index >= 15 is 0 Å². The first-order chi connectivity index (χ1) is 5.52. The standard InChI is InChI=1S/C5H6N4O2S/c6-3-1-2(12)4(9(10)11)5(7)8-3/h1H,(H5,6,7,8,12). The molecular formula is C5H6N4O2S. The van der Waals surface area contributed by atoms with E-state index in [0.717, 1.165) is 0 Å². The molecule has 0 aliphatic carbocycles. The van der Waals surface area contributed by atoms with Crippen molar-refractivity contribution in [1.82, 2.24) is 4.98 Å². The Labute approximate surface area is 72.3 Å². The van der Waals surface area contributed by atoms with Gasteiger partial charge in [-0.3, -0.25) is 10.1 Å². The number of aromatic amines is 1. The Hall–Kier alpha value is -1.63. The first-order valence-corrected chi connectivity index (χ1v) is 3.36. The molecule has 1 rings (SSSR count). The molecule has 64 valence electrons. The van der Waals surface area contributed by atoms with E-state index in [9.17, 15) is 10.1 Å². The first kappa shape index (κ1) is 8.47. The highest BCUT2D eigenvalue weighted by molar-refractivity contribution is 7.71. The van der Waals surface area contributed by atoms with Crippen LogP contribution in [0.3, 0.4) is 0 Å². The highest BCUT2D eigenvalue weighted by atomic mass is 32.1. The van der Waals surface area contributed by atoms with Crippen molar-refractivity contribution in [2.24, 2.45) is 0 Å². The third kappa shape index (κ3) is 1.35. The zero-order chi connectivity index (χ0) is 9.30. The van der Waals surface area contributed by atoms with Crippen LogP contribution in [0.5, 0.6) is 0 Å². The fraction of sp³-hybridized carbons (Fsp3) is 0. The number of rotatable bonds is 1. The second kappa shape index (κ2) is 2.78. The minimum Gasteiger partial charge on any atom is -0.385 e. The number of hydrogen-bond acceptors (Lipinski definition) is 5. The average molecular weight is 186 g/mol. The maximum absolute atomic E-state index is 10.4. The third-order valence-electron chi connectivity index (χ3n) is 1.24. The van der Waals surface area contributed by atoms with Crippen LogP contribution in [-0.4, -0.2) is 9.91 Å². The van der Waals surface area contributed by atoms with Gasteiger partial charge in [-0.05, 0) is 0 Å². The number of aromatic nitrogens is 1. The van der Waals surface area contributed by atoms with Crippen LogP contribution < -0.4 is 11.5 Å². The van der Waals surface area contributed by atoms with Crippen LogP contribution >= 0.6 is 12.2 Å². The largest absolute Gasteiger partial charge is 0.385 e. The van der Waals surface area contributed by atoms with Gasteiger partial charge in [0.1, 0.15) is 10.3 Å². The summed E-state index contributed by atoms with van der Waals surface area (Å²) >= 11 is 4.68. The second-order valence-electron chi connectivity index (χ2n) is 2.11. The fourth-order valence-electron chi connectivity index (χ4n) is 0.781. The molecule has 0 fully saturated rings. The summed E-state index contributed by atoms with van der Waals surface area (Å²) in [6.45, 7) is 0. The molecule has 0 bridgehead atoms. The van der Waals surface area contributed by atoms with Gasteiger partial charge in [-0.25, -0.2) is 0 Å². The Morgan fingerprint density at radius 2 is 2.17 bits per heavy atom. The van der Waals surface area contributed by atoms with Crippen molar-refractivity contribution in [3.63, 3.8) is 0 Å². The van der Waals surface area contributed by atoms with Gasteiger partial charge >= 0.3 is 5.69 Å². The van der Waals surface area contributed by atoms with Gasteiger partial charge in [-0.15, -0.1) is 0 Å². The molecule has 0 atom stereocenters. The van der Waals surface area contributed by atoms with Gasteiger partial charge in [0.25, 0.3) is 0 Å². The molecule has 1 aromatic rings. The van der Waals surface area contributed by atoms with Gasteiger partial charge in [0, 0.05) is 6.07 Å². The van der Waals surface area contributed by atoms with Gasteiger partial charge in [-0.1, -0.05) is 12.2 Å². The van der Waals surface area contributed by atoms with E-state index in [0.29, 0.717) is 0 Å². The van der Waals surface area contributed by atoms with Gasteiger partial charge in [-0.2, -0.15) is 0 Å². The normalized spacial score (nSPS) is 9.67. The molecule has 0 unspecified atom stereocenters. The van der Waals surface area contributed by atoms with Crippen molar-refractivity contribution in [3.05, 3.63) is 20.7 Å². The maximum atomic E-state index is 10.4. The number of pyridine rings is 1. The van der Waals surface area contributed by atoms with E-state index in [1.165, 1.54) is 6.07 Å². The smallest absolute Gasteiger partial charge is 0.327 e. The topological polar surface area (TPSA) is 111 Å². The molecule has 7 heteroatoms. The molecule has 12 heavy (non-hydrogen) atoms. The minimum absolute atomic E-state index is 0.0359. The summed E-state index contributed by atoms with van der Waals surface area (Å²) in [5.74, 6) is 0.0908. The van der Waals surface area contributed by atoms with Crippen LogP contribution in [0, 0.1) is 14.6 Å². The predicted octanol–water partition coefficient (Wildman–Crippen LogP) is 0.817. The van der Waals surface area contributed by atoms with E-state index in [2.05, 4.69) is 17.2 Å². The lowest BCUT2D eigenvalue weighted by molar-refractivity contribution is -0.384. The summed E-state index contributed by atoms with van der Waals surface area (Å²) in [4.78, 5) is 12.1. The maximum Gasteiger partial charge on any atom is 0.327 e. The Bertz CT molecular complexity index is 386. The Balaban J connectivity index is 3.49. The second-order valence-corrected chi connectivity index (χ2v) is 2.55. The quantitative estimate of drug-likeness (QED) is 0.341. The zero-order valence-corrected chi connectivity index (χ0v) is 6.72. The molecule has 0 aliphatic heterocycles. The number of anilines is 2. The number of hydrogen-bond donors (Lipinski definition) is 3. The van der Waals surface area contributed by atoms with Crippen molar-refractivity contribution < 1.29 is 4.92 Å². The van der Waals surface area contributed by atoms with Gasteiger partial charge in [0.15, 0.2) is 5.82 Å². The van der Waals surface area contributed by atoms with Gasteiger partial charge < -0.3 is 16.5 Å². The van der Waals surface area contributed by atoms with Crippen molar-refractivity contribution in [2.45, 2.75) is 0 Å². The van der Waals surface area contributed by atoms with E-state index in [-0.39, 0.29) is 21.8 Å². The van der Waals surface area contributed by atoms with Crippen LogP contribution in [0.2, 0.25) is 0 Å². The number of nitrogens with one attached hydrogen (secondary N) is 1. The lowest BCUT2D eigenvalue weighted by atomic mass is 10.4. The summed E-state index contributed by atoms with van der Waals surface area (Å²) in [6, 6.07) is 1.28. The van der Waals surface area contributed by atoms with Crippen molar-refractivity contribution in [1.29, 1.82) is 0 Å². The lowest BCUT2D eigenvalue weighted by Crippen LogP contribution is -2.01. The highest BCUT2D eigenvalue weighted by Gasteiger charge is 2.14. The van der Waals surface area contributed by atoms with Crippen LogP contribution in [0.25, 0.3) is 0 Å². The molecule has 0 saturated carbocycles.